The maximum Gasteiger partial charge on any atom is -0.0184 e. The van der Waals surface area contributed by atoms with Crippen LogP contribution in [0.5, 0.6) is 0 Å². The molecule has 0 atom stereocenters. The highest BCUT2D eigenvalue weighted by molar-refractivity contribution is 5.81. The Hall–Kier alpha value is -1.56. The van der Waals surface area contributed by atoms with E-state index in [1.165, 1.54) is 16.3 Å². The highest BCUT2D eigenvalue weighted by Crippen LogP contribution is 2.11. The minimum atomic E-state index is 1.31. The number of benzene rings is 2. The largest absolute Gasteiger partial charge is 0.0890 e. The summed E-state index contributed by atoms with van der Waals surface area (Å²) in [5.74, 6) is 0. The Morgan fingerprint density at radius 3 is 1.05 bits per heavy atom. The van der Waals surface area contributed by atoms with Crippen LogP contribution >= 0.6 is 0 Å². The molecule has 106 valence electrons. The van der Waals surface area contributed by atoms with Gasteiger partial charge in [-0.2, -0.15) is 0 Å². The Balaban J connectivity index is 0. The average molecular weight is 258 g/mol. The molecular formula is C19H30. The van der Waals surface area contributed by atoms with Crippen LogP contribution < -0.4 is 0 Å². The lowest BCUT2D eigenvalue weighted by Gasteiger charge is -1.92. The number of fused-ring (bicyclic) bond motifs is 1. The van der Waals surface area contributed by atoms with E-state index in [9.17, 15) is 0 Å². The maximum atomic E-state index is 2.12. The zero-order valence-electron chi connectivity index (χ0n) is 13.7. The van der Waals surface area contributed by atoms with Crippen molar-refractivity contribution in [2.45, 2.75) is 48.5 Å². The molecule has 0 bridgehead atoms. The first-order chi connectivity index (χ1) is 9.24. The summed E-state index contributed by atoms with van der Waals surface area (Å²) in [6, 6.07) is 16.7. The molecule has 0 amide bonds. The molecule has 2 aromatic rings. The highest BCUT2D eigenvalue weighted by Gasteiger charge is 1.85. The van der Waals surface area contributed by atoms with Gasteiger partial charge in [-0.15, -0.1) is 0 Å². The third-order valence-corrected chi connectivity index (χ3v) is 2.24. The molecule has 2 rings (SSSR count). The van der Waals surface area contributed by atoms with Crippen LogP contribution in [-0.2, 0) is 0 Å². The highest BCUT2D eigenvalue weighted by atomic mass is 13.9. The minimum absolute atomic E-state index is 1.31. The summed E-state index contributed by atoms with van der Waals surface area (Å²) < 4.78 is 0. The van der Waals surface area contributed by atoms with Crippen LogP contribution in [0, 0.1) is 0 Å². The third-order valence-electron chi connectivity index (χ3n) is 2.24. The van der Waals surface area contributed by atoms with Gasteiger partial charge in [0.15, 0.2) is 0 Å². The monoisotopic (exact) mass is 258 g/mol. The normalized spacial score (nSPS) is 7.74. The summed E-state index contributed by atoms with van der Waals surface area (Å²) in [6.45, 7) is 14.2. The Morgan fingerprint density at radius 1 is 0.684 bits per heavy atom. The van der Waals surface area contributed by atoms with Crippen molar-refractivity contribution in [2.24, 2.45) is 0 Å². The van der Waals surface area contributed by atoms with Crippen molar-refractivity contribution in [1.82, 2.24) is 0 Å². The Morgan fingerprint density at radius 2 is 0.895 bits per heavy atom. The molecule has 0 heteroatoms. The molecular weight excluding hydrogens is 228 g/mol. The van der Waals surface area contributed by atoms with Gasteiger partial charge in [0.05, 0.1) is 0 Å². The third kappa shape index (κ3) is 10.1. The van der Waals surface area contributed by atoms with Crippen molar-refractivity contribution in [3.05, 3.63) is 60.2 Å². The first kappa shape index (κ1) is 19.8. The van der Waals surface area contributed by atoms with E-state index in [2.05, 4.69) is 68.5 Å². The lowest BCUT2D eigenvalue weighted by Crippen LogP contribution is -1.67. The van der Waals surface area contributed by atoms with E-state index in [0.29, 0.717) is 0 Å². The fraction of sp³-hybridized carbons (Fsp3) is 0.368. The lowest BCUT2D eigenvalue weighted by atomic mass is 10.1. The Kier molecular flexibility index (Phi) is 15.1. The summed E-state index contributed by atoms with van der Waals surface area (Å²) in [5, 5.41) is 2.62. The van der Waals surface area contributed by atoms with Crippen LogP contribution in [-0.4, -0.2) is 0 Å². The summed E-state index contributed by atoms with van der Waals surface area (Å²) in [7, 11) is 0. The maximum absolute atomic E-state index is 2.12. The number of hydrogen-bond donors (Lipinski definition) is 0. The molecule has 0 aliphatic carbocycles. The Labute approximate surface area is 120 Å². The van der Waals surface area contributed by atoms with Gasteiger partial charge < -0.3 is 0 Å². The van der Waals surface area contributed by atoms with E-state index in [4.69, 9.17) is 0 Å². The van der Waals surface area contributed by atoms with E-state index in [1.807, 2.05) is 34.6 Å². The number of allylic oxidation sites excluding steroid dienone is 2. The van der Waals surface area contributed by atoms with E-state index in [0.717, 1.165) is 0 Å². The molecule has 0 heterocycles. The molecule has 0 aliphatic rings. The van der Waals surface area contributed by atoms with E-state index in [-0.39, 0.29) is 0 Å². The minimum Gasteiger partial charge on any atom is -0.0890 e. The van der Waals surface area contributed by atoms with Crippen molar-refractivity contribution >= 4 is 10.8 Å². The predicted octanol–water partition coefficient (Wildman–Crippen LogP) is 6.86. The zero-order chi connectivity index (χ0) is 15.1. The summed E-state index contributed by atoms with van der Waals surface area (Å²) in [6.07, 6.45) is 2.08. The van der Waals surface area contributed by atoms with Crippen molar-refractivity contribution in [3.63, 3.8) is 0 Å². The Bertz CT molecular complexity index is 369. The first-order valence-corrected chi connectivity index (χ1v) is 7.27. The van der Waals surface area contributed by atoms with Crippen LogP contribution in [0.4, 0.5) is 0 Å². The standard InChI is InChI=1S/C10H8.C5H10.2C2H6/c1-2-6-10-8-4-3-7-9(10)5-1;1-4-5(2)3;2*1-2/h1-8H;4H,1-3H3;2*1-2H3. The number of hydrogen-bond acceptors (Lipinski definition) is 0. The lowest BCUT2D eigenvalue weighted by molar-refractivity contribution is 1.36. The van der Waals surface area contributed by atoms with Gasteiger partial charge in [-0.1, -0.05) is 87.9 Å². The van der Waals surface area contributed by atoms with E-state index < -0.39 is 0 Å². The van der Waals surface area contributed by atoms with Gasteiger partial charge >= 0.3 is 0 Å². The van der Waals surface area contributed by atoms with E-state index >= 15 is 0 Å². The van der Waals surface area contributed by atoms with Gasteiger partial charge in [0, 0.05) is 0 Å². The first-order valence-electron chi connectivity index (χ1n) is 7.27. The SMILES string of the molecule is CC.CC.CC=C(C)C.c1ccc2ccccc2c1. The van der Waals surface area contributed by atoms with Crippen molar-refractivity contribution in [2.75, 3.05) is 0 Å². The van der Waals surface area contributed by atoms with Gasteiger partial charge in [-0.25, -0.2) is 0 Å². The van der Waals surface area contributed by atoms with Gasteiger partial charge in [0.2, 0.25) is 0 Å². The van der Waals surface area contributed by atoms with Gasteiger partial charge in [-0.3, -0.25) is 0 Å². The summed E-state index contributed by atoms with van der Waals surface area (Å²) >= 11 is 0. The van der Waals surface area contributed by atoms with Crippen molar-refractivity contribution in [3.8, 4) is 0 Å². The molecule has 0 aromatic heterocycles. The van der Waals surface area contributed by atoms with Crippen LogP contribution in [0.2, 0.25) is 0 Å². The molecule has 0 saturated heterocycles. The fourth-order valence-corrected chi connectivity index (χ4v) is 1.13. The van der Waals surface area contributed by atoms with Crippen molar-refractivity contribution in [1.29, 1.82) is 0 Å². The average Bonchev–Trinajstić information content (AvgIpc) is 2.52. The van der Waals surface area contributed by atoms with Crippen LogP contribution in [0.1, 0.15) is 48.5 Å². The second-order valence-electron chi connectivity index (χ2n) is 3.71. The molecule has 0 unspecified atom stereocenters. The molecule has 0 aliphatic heterocycles. The second kappa shape index (κ2) is 14.5. The van der Waals surface area contributed by atoms with Gasteiger partial charge in [0.25, 0.3) is 0 Å². The fourth-order valence-electron chi connectivity index (χ4n) is 1.13. The second-order valence-corrected chi connectivity index (χ2v) is 3.71. The molecule has 0 nitrogen and oxygen atoms in total. The zero-order valence-corrected chi connectivity index (χ0v) is 13.7. The van der Waals surface area contributed by atoms with E-state index in [1.54, 1.807) is 0 Å². The van der Waals surface area contributed by atoms with Gasteiger partial charge in [-0.05, 0) is 31.5 Å². The molecule has 0 N–H and O–H groups in total. The molecule has 0 saturated carbocycles. The summed E-state index contributed by atoms with van der Waals surface area (Å²) in [5.41, 5.74) is 1.38. The van der Waals surface area contributed by atoms with Crippen LogP contribution in [0.25, 0.3) is 10.8 Å². The van der Waals surface area contributed by atoms with Crippen molar-refractivity contribution < 1.29 is 0 Å². The molecule has 19 heavy (non-hydrogen) atoms. The smallest absolute Gasteiger partial charge is 0.0184 e. The number of rotatable bonds is 0. The molecule has 0 fully saturated rings. The van der Waals surface area contributed by atoms with Gasteiger partial charge in [0.1, 0.15) is 0 Å². The molecule has 2 aromatic carbocycles. The van der Waals surface area contributed by atoms with Crippen LogP contribution in [0.15, 0.2) is 60.2 Å². The molecule has 0 radical (unpaired) electrons. The summed E-state index contributed by atoms with van der Waals surface area (Å²) in [4.78, 5) is 0. The van der Waals surface area contributed by atoms with Crippen LogP contribution in [0.3, 0.4) is 0 Å². The topological polar surface area (TPSA) is 0 Å². The molecule has 0 spiro atoms. The quantitative estimate of drug-likeness (QED) is 0.452. The predicted molar refractivity (Wildman–Crippen MR) is 91.7 cm³/mol.